The number of anilines is 1. The molecule has 0 radical (unpaired) electrons. The number of ether oxygens (including phenoxy) is 1. The van der Waals surface area contributed by atoms with Gasteiger partial charge in [0.1, 0.15) is 11.6 Å². The Kier molecular flexibility index (Phi) is 4.91. The number of rotatable bonds is 3. The van der Waals surface area contributed by atoms with Crippen LogP contribution in [-0.2, 0) is 4.79 Å². The smallest absolute Gasteiger partial charge is 0.226 e. The molecule has 6 nitrogen and oxygen atoms in total. The molecule has 152 valence electrons. The van der Waals surface area contributed by atoms with Gasteiger partial charge in [0.25, 0.3) is 0 Å². The van der Waals surface area contributed by atoms with Crippen molar-refractivity contribution in [3.63, 3.8) is 0 Å². The van der Waals surface area contributed by atoms with Crippen LogP contribution in [0.5, 0.6) is 5.75 Å². The van der Waals surface area contributed by atoms with Crippen LogP contribution in [0.4, 0.5) is 5.82 Å². The molecule has 1 N–H and O–H groups in total. The lowest BCUT2D eigenvalue weighted by atomic mass is 9.85. The van der Waals surface area contributed by atoms with Crippen LogP contribution in [0.15, 0.2) is 45.3 Å². The van der Waals surface area contributed by atoms with Crippen molar-refractivity contribution in [3.05, 3.63) is 62.2 Å². The molecule has 30 heavy (non-hydrogen) atoms. The summed E-state index contributed by atoms with van der Waals surface area (Å²) in [6.07, 6.45) is 0.332. The number of nitrogens with one attached hydrogen (secondary N) is 1. The van der Waals surface area contributed by atoms with Gasteiger partial charge < -0.3 is 10.1 Å². The number of hydrogen-bond acceptors (Lipinski definition) is 5. The number of benzene rings is 2. The van der Waals surface area contributed by atoms with Crippen molar-refractivity contribution >= 4 is 65.1 Å². The first-order valence-corrected chi connectivity index (χ1v) is 11.6. The Balaban J connectivity index is 1.69. The number of carbonyl (C=O) groups is 1. The van der Waals surface area contributed by atoms with E-state index >= 15 is 0 Å². The molecule has 1 aliphatic rings. The van der Waals surface area contributed by atoms with Crippen molar-refractivity contribution < 1.29 is 9.53 Å². The molecule has 0 fully saturated rings. The third kappa shape index (κ3) is 3.25. The number of nitrogens with zero attached hydrogens (tertiary/aromatic N) is 3. The number of methoxy groups -OCH3 is 1. The van der Waals surface area contributed by atoms with Crippen molar-refractivity contribution in [3.8, 4) is 10.9 Å². The molecule has 0 spiro atoms. The van der Waals surface area contributed by atoms with Gasteiger partial charge in [0.05, 0.1) is 23.0 Å². The number of fused-ring (bicyclic) bond motifs is 2. The first kappa shape index (κ1) is 19.7. The zero-order valence-corrected chi connectivity index (χ0v) is 20.1. The first-order valence-electron chi connectivity index (χ1n) is 9.24. The fraction of sp³-hybridized carbons (Fsp3) is 0.190. The second kappa shape index (κ2) is 7.47. The quantitative estimate of drug-likeness (QED) is 0.352. The Morgan fingerprint density at radius 1 is 1.20 bits per heavy atom. The fourth-order valence-corrected chi connectivity index (χ4v) is 5.76. The maximum atomic E-state index is 12.7. The molecule has 4 aromatic rings. The fourth-order valence-electron chi connectivity index (χ4n) is 3.91. The average molecular weight is 548 g/mol. The molecule has 0 bridgehead atoms. The van der Waals surface area contributed by atoms with E-state index in [2.05, 4.69) is 37.2 Å². The van der Waals surface area contributed by atoms with Gasteiger partial charge in [-0.2, -0.15) is 9.78 Å². The van der Waals surface area contributed by atoms with E-state index in [-0.39, 0.29) is 11.8 Å². The summed E-state index contributed by atoms with van der Waals surface area (Å²) in [7, 11) is 1.64. The predicted molar refractivity (Wildman–Crippen MR) is 125 cm³/mol. The van der Waals surface area contributed by atoms with E-state index in [1.54, 1.807) is 11.8 Å². The van der Waals surface area contributed by atoms with E-state index in [0.717, 1.165) is 46.9 Å². The van der Waals surface area contributed by atoms with Crippen LogP contribution in [-0.4, -0.2) is 27.8 Å². The number of aryl methyl sites for hydroxylation is 1. The predicted octanol–water partition coefficient (Wildman–Crippen LogP) is 5.80. The summed E-state index contributed by atoms with van der Waals surface area (Å²) >= 11 is 8.59. The van der Waals surface area contributed by atoms with Gasteiger partial charge in [-0.05, 0) is 43.3 Å². The maximum absolute atomic E-state index is 12.7. The summed E-state index contributed by atoms with van der Waals surface area (Å²) in [5.41, 5.74) is 3.70. The first-order chi connectivity index (χ1) is 14.4. The Hall–Kier alpha value is -2.23. The van der Waals surface area contributed by atoms with Crippen LogP contribution in [0.1, 0.15) is 29.2 Å². The lowest BCUT2D eigenvalue weighted by molar-refractivity contribution is -0.116. The SMILES string of the molecule is COc1ccc(Br)cc1C1CC(=O)Nc2c1c(C)nn2-c1nc2ccc(Br)cc2s1. The maximum Gasteiger partial charge on any atom is 0.226 e. The molecule has 1 aliphatic heterocycles. The van der Waals surface area contributed by atoms with E-state index < -0.39 is 0 Å². The molecular weight excluding hydrogens is 532 g/mol. The van der Waals surface area contributed by atoms with Crippen molar-refractivity contribution in [2.75, 3.05) is 12.4 Å². The van der Waals surface area contributed by atoms with Crippen molar-refractivity contribution in [2.45, 2.75) is 19.3 Å². The minimum atomic E-state index is -0.154. The molecule has 1 atom stereocenters. The minimum Gasteiger partial charge on any atom is -0.496 e. The summed E-state index contributed by atoms with van der Waals surface area (Å²) in [6.45, 7) is 1.97. The zero-order chi connectivity index (χ0) is 21.0. The van der Waals surface area contributed by atoms with E-state index in [4.69, 9.17) is 14.8 Å². The number of carbonyl (C=O) groups excluding carboxylic acids is 1. The van der Waals surface area contributed by atoms with Crippen LogP contribution in [0.25, 0.3) is 15.3 Å². The molecule has 9 heteroatoms. The third-order valence-corrected chi connectivity index (χ3v) is 7.17. The van der Waals surface area contributed by atoms with Gasteiger partial charge >= 0.3 is 0 Å². The second-order valence-electron chi connectivity index (χ2n) is 7.06. The second-order valence-corrected chi connectivity index (χ2v) is 9.90. The third-order valence-electron chi connectivity index (χ3n) is 5.19. The highest BCUT2D eigenvalue weighted by Crippen LogP contribution is 2.44. The topological polar surface area (TPSA) is 69.0 Å². The van der Waals surface area contributed by atoms with Gasteiger partial charge in [0.15, 0.2) is 0 Å². The van der Waals surface area contributed by atoms with E-state index in [9.17, 15) is 4.79 Å². The van der Waals surface area contributed by atoms with Crippen LogP contribution >= 0.6 is 43.2 Å². The van der Waals surface area contributed by atoms with Crippen molar-refractivity contribution in [1.82, 2.24) is 14.8 Å². The standard InChI is InChI=1S/C21H16Br2N4O2S/c1-10-19-14(13-7-11(22)4-6-16(13)29-2)9-18(28)25-20(19)27(26-10)21-24-15-5-3-12(23)8-17(15)30-21/h3-8,14H,9H2,1-2H3,(H,25,28). The highest BCUT2D eigenvalue weighted by molar-refractivity contribution is 9.10. The number of thiazole rings is 1. The number of hydrogen-bond donors (Lipinski definition) is 1. The van der Waals surface area contributed by atoms with E-state index in [1.165, 1.54) is 11.3 Å². The molecule has 0 saturated heterocycles. The highest BCUT2D eigenvalue weighted by Gasteiger charge is 2.34. The normalized spacial score (nSPS) is 15.9. The van der Waals surface area contributed by atoms with Crippen LogP contribution in [0.3, 0.4) is 0 Å². The lowest BCUT2D eigenvalue weighted by Gasteiger charge is -2.25. The Bertz CT molecular complexity index is 1310. The van der Waals surface area contributed by atoms with Gasteiger partial charge in [0, 0.05) is 32.4 Å². The summed E-state index contributed by atoms with van der Waals surface area (Å²) < 4.78 is 10.3. The number of halogens is 2. The molecule has 1 unspecified atom stereocenters. The molecule has 0 saturated carbocycles. The Morgan fingerprint density at radius 2 is 1.97 bits per heavy atom. The molecule has 2 aromatic carbocycles. The molecular formula is C21H16Br2N4O2S. The van der Waals surface area contributed by atoms with Crippen molar-refractivity contribution in [1.29, 1.82) is 0 Å². The van der Waals surface area contributed by atoms with Gasteiger partial charge in [-0.1, -0.05) is 43.2 Å². The minimum absolute atomic E-state index is 0.0560. The molecule has 3 heterocycles. The molecule has 0 aliphatic carbocycles. The summed E-state index contributed by atoms with van der Waals surface area (Å²) in [5, 5.41) is 8.49. The number of amides is 1. The van der Waals surface area contributed by atoms with Gasteiger partial charge in [-0.3, -0.25) is 4.79 Å². The summed E-state index contributed by atoms with van der Waals surface area (Å²) in [5.74, 6) is 1.22. The van der Waals surface area contributed by atoms with Crippen molar-refractivity contribution in [2.24, 2.45) is 0 Å². The molecule has 5 rings (SSSR count). The molecule has 2 aromatic heterocycles. The highest BCUT2D eigenvalue weighted by atomic mass is 79.9. The summed E-state index contributed by atoms with van der Waals surface area (Å²) in [4.78, 5) is 17.4. The average Bonchev–Trinajstić information content (AvgIpc) is 3.27. The van der Waals surface area contributed by atoms with E-state index in [0.29, 0.717) is 12.2 Å². The summed E-state index contributed by atoms with van der Waals surface area (Å²) in [6, 6.07) is 11.8. The lowest BCUT2D eigenvalue weighted by Crippen LogP contribution is -2.25. The van der Waals surface area contributed by atoms with Crippen LogP contribution in [0.2, 0.25) is 0 Å². The Morgan fingerprint density at radius 3 is 2.77 bits per heavy atom. The largest absolute Gasteiger partial charge is 0.496 e. The van der Waals surface area contributed by atoms with Gasteiger partial charge in [-0.25, -0.2) is 4.98 Å². The Labute approximate surface area is 193 Å². The van der Waals surface area contributed by atoms with E-state index in [1.807, 2.05) is 43.3 Å². The van der Waals surface area contributed by atoms with Crippen LogP contribution in [0, 0.1) is 6.92 Å². The van der Waals surface area contributed by atoms with Crippen LogP contribution < -0.4 is 10.1 Å². The van der Waals surface area contributed by atoms with Gasteiger partial charge in [-0.15, -0.1) is 0 Å². The zero-order valence-electron chi connectivity index (χ0n) is 16.1. The monoisotopic (exact) mass is 546 g/mol. The number of aromatic nitrogens is 3. The van der Waals surface area contributed by atoms with Gasteiger partial charge in [0.2, 0.25) is 11.0 Å². The molecule has 1 amide bonds.